The average molecular weight is 226 g/mol. The summed E-state index contributed by atoms with van der Waals surface area (Å²) in [5.74, 6) is 0. The molecule has 0 radical (unpaired) electrons. The topological polar surface area (TPSA) is 43.8 Å². The molecule has 1 aromatic heterocycles. The molecule has 5 heteroatoms. The number of aryl methyl sites for hydroxylation is 1. The molecule has 0 saturated carbocycles. The number of hydrogen-bond donors (Lipinski definition) is 1. The van der Waals surface area contributed by atoms with E-state index < -0.39 is 0 Å². The van der Waals surface area contributed by atoms with E-state index in [0.717, 1.165) is 25.1 Å². The lowest BCUT2D eigenvalue weighted by Gasteiger charge is -1.94. The van der Waals surface area contributed by atoms with E-state index in [1.165, 1.54) is 0 Å². The van der Waals surface area contributed by atoms with Crippen LogP contribution in [0.5, 0.6) is 0 Å². The molecule has 0 fully saturated rings. The van der Waals surface area contributed by atoms with Gasteiger partial charge in [-0.1, -0.05) is 6.92 Å². The minimum absolute atomic E-state index is 0. The molecule has 0 aliphatic carbocycles. The highest BCUT2D eigenvalue weighted by Crippen LogP contribution is 1.97. The van der Waals surface area contributed by atoms with Crippen molar-refractivity contribution in [2.75, 3.05) is 6.54 Å². The van der Waals surface area contributed by atoms with E-state index in [1.54, 1.807) is 0 Å². The summed E-state index contributed by atoms with van der Waals surface area (Å²) < 4.78 is 2.10. The van der Waals surface area contributed by atoms with Gasteiger partial charge in [0, 0.05) is 19.2 Å². The molecule has 0 bridgehead atoms. The van der Waals surface area contributed by atoms with Crippen molar-refractivity contribution in [3.63, 3.8) is 0 Å². The van der Waals surface area contributed by atoms with Crippen molar-refractivity contribution < 1.29 is 0 Å². The third-order valence-corrected chi connectivity index (χ3v) is 1.57. The molecule has 13 heavy (non-hydrogen) atoms. The van der Waals surface area contributed by atoms with Crippen molar-refractivity contribution in [1.82, 2.24) is 9.55 Å². The standard InChI is InChI=1S/C8H15N3.2ClH/c1-2-5-11-6-8(3-4-9)10-7-11;;/h6-7H,2-5,9H2,1H3;2*1H. The van der Waals surface area contributed by atoms with E-state index in [2.05, 4.69) is 22.7 Å². The molecule has 0 saturated heterocycles. The minimum Gasteiger partial charge on any atom is -0.337 e. The van der Waals surface area contributed by atoms with E-state index in [-0.39, 0.29) is 24.8 Å². The summed E-state index contributed by atoms with van der Waals surface area (Å²) in [6.45, 7) is 3.89. The number of halogens is 2. The van der Waals surface area contributed by atoms with Crippen LogP contribution >= 0.6 is 24.8 Å². The highest BCUT2D eigenvalue weighted by atomic mass is 35.5. The van der Waals surface area contributed by atoms with Gasteiger partial charge in [0.05, 0.1) is 12.0 Å². The molecule has 0 aromatic carbocycles. The van der Waals surface area contributed by atoms with Crippen molar-refractivity contribution in [1.29, 1.82) is 0 Å². The van der Waals surface area contributed by atoms with Crippen molar-refractivity contribution in [2.24, 2.45) is 5.73 Å². The molecular weight excluding hydrogens is 209 g/mol. The first-order valence-electron chi connectivity index (χ1n) is 4.07. The van der Waals surface area contributed by atoms with Crippen LogP contribution in [-0.2, 0) is 13.0 Å². The SMILES string of the molecule is CCCn1cnc(CCN)c1.Cl.Cl. The first-order chi connectivity index (χ1) is 5.36. The van der Waals surface area contributed by atoms with E-state index >= 15 is 0 Å². The molecule has 0 atom stereocenters. The van der Waals surface area contributed by atoms with Gasteiger partial charge in [-0.2, -0.15) is 0 Å². The largest absolute Gasteiger partial charge is 0.337 e. The van der Waals surface area contributed by atoms with Gasteiger partial charge in [-0.05, 0) is 13.0 Å². The lowest BCUT2D eigenvalue weighted by Crippen LogP contribution is -2.02. The maximum atomic E-state index is 5.39. The zero-order chi connectivity index (χ0) is 8.10. The Balaban J connectivity index is 0. The smallest absolute Gasteiger partial charge is 0.0949 e. The third-order valence-electron chi connectivity index (χ3n) is 1.57. The summed E-state index contributed by atoms with van der Waals surface area (Å²) in [4.78, 5) is 4.21. The fourth-order valence-electron chi connectivity index (χ4n) is 1.06. The van der Waals surface area contributed by atoms with Gasteiger partial charge >= 0.3 is 0 Å². The van der Waals surface area contributed by atoms with E-state index in [9.17, 15) is 0 Å². The molecule has 78 valence electrons. The fourth-order valence-corrected chi connectivity index (χ4v) is 1.06. The summed E-state index contributed by atoms with van der Waals surface area (Å²) in [6.07, 6.45) is 5.97. The zero-order valence-corrected chi connectivity index (χ0v) is 9.40. The van der Waals surface area contributed by atoms with Gasteiger partial charge in [0.15, 0.2) is 0 Å². The fraction of sp³-hybridized carbons (Fsp3) is 0.625. The first-order valence-corrected chi connectivity index (χ1v) is 4.07. The molecule has 0 spiro atoms. The maximum Gasteiger partial charge on any atom is 0.0949 e. The van der Waals surface area contributed by atoms with Crippen molar-refractivity contribution >= 4 is 24.8 Å². The second kappa shape index (κ2) is 8.35. The number of aromatic nitrogens is 2. The van der Waals surface area contributed by atoms with Crippen molar-refractivity contribution in [2.45, 2.75) is 26.3 Å². The Hall–Kier alpha value is -0.250. The quantitative estimate of drug-likeness (QED) is 0.848. The van der Waals surface area contributed by atoms with E-state index in [1.807, 2.05) is 6.33 Å². The molecule has 0 aliphatic rings. The Morgan fingerprint density at radius 2 is 2.15 bits per heavy atom. The summed E-state index contributed by atoms with van der Waals surface area (Å²) in [5.41, 5.74) is 6.49. The summed E-state index contributed by atoms with van der Waals surface area (Å²) in [6, 6.07) is 0. The molecule has 1 aromatic rings. The first kappa shape index (κ1) is 15.2. The van der Waals surface area contributed by atoms with Gasteiger partial charge in [-0.25, -0.2) is 4.98 Å². The minimum atomic E-state index is 0. The summed E-state index contributed by atoms with van der Waals surface area (Å²) in [7, 11) is 0. The van der Waals surface area contributed by atoms with Gasteiger partial charge in [0.2, 0.25) is 0 Å². The number of nitrogens with two attached hydrogens (primary N) is 1. The highest BCUT2D eigenvalue weighted by molar-refractivity contribution is 5.85. The second-order valence-corrected chi connectivity index (χ2v) is 2.64. The van der Waals surface area contributed by atoms with Gasteiger partial charge in [0.1, 0.15) is 0 Å². The average Bonchev–Trinajstić information content (AvgIpc) is 2.38. The van der Waals surface area contributed by atoms with Gasteiger partial charge < -0.3 is 10.3 Å². The predicted octanol–water partition coefficient (Wildman–Crippen LogP) is 1.64. The molecule has 2 N–H and O–H groups in total. The van der Waals surface area contributed by atoms with E-state index in [4.69, 9.17) is 5.73 Å². The van der Waals surface area contributed by atoms with Crippen LogP contribution in [0.3, 0.4) is 0 Å². The van der Waals surface area contributed by atoms with Crippen LogP contribution in [0.1, 0.15) is 19.0 Å². The molecule has 3 nitrogen and oxygen atoms in total. The van der Waals surface area contributed by atoms with Crippen LogP contribution in [0.15, 0.2) is 12.5 Å². The van der Waals surface area contributed by atoms with Crippen LogP contribution in [-0.4, -0.2) is 16.1 Å². The van der Waals surface area contributed by atoms with Crippen molar-refractivity contribution in [3.8, 4) is 0 Å². The Bertz CT molecular complexity index is 192. The van der Waals surface area contributed by atoms with Crippen LogP contribution in [0, 0.1) is 0 Å². The number of rotatable bonds is 4. The lowest BCUT2D eigenvalue weighted by molar-refractivity contribution is 0.677. The second-order valence-electron chi connectivity index (χ2n) is 2.64. The summed E-state index contributed by atoms with van der Waals surface area (Å²) in [5, 5.41) is 0. The molecule has 1 heterocycles. The van der Waals surface area contributed by atoms with Crippen LogP contribution in [0.2, 0.25) is 0 Å². The lowest BCUT2D eigenvalue weighted by atomic mass is 10.3. The maximum absolute atomic E-state index is 5.39. The molecule has 0 unspecified atom stereocenters. The summed E-state index contributed by atoms with van der Waals surface area (Å²) >= 11 is 0. The number of hydrogen-bond acceptors (Lipinski definition) is 2. The van der Waals surface area contributed by atoms with Crippen LogP contribution in [0.25, 0.3) is 0 Å². The van der Waals surface area contributed by atoms with Gasteiger partial charge in [0.25, 0.3) is 0 Å². The Labute approximate surface area is 91.5 Å². The molecule has 0 aliphatic heterocycles. The molecule has 1 rings (SSSR count). The highest BCUT2D eigenvalue weighted by Gasteiger charge is 1.95. The van der Waals surface area contributed by atoms with Crippen LogP contribution < -0.4 is 5.73 Å². The number of nitrogens with zero attached hydrogens (tertiary/aromatic N) is 2. The monoisotopic (exact) mass is 225 g/mol. The normalized spacial score (nSPS) is 8.77. The van der Waals surface area contributed by atoms with Gasteiger partial charge in [-0.3, -0.25) is 0 Å². The number of imidazole rings is 1. The van der Waals surface area contributed by atoms with E-state index in [0.29, 0.717) is 6.54 Å². The molecule has 0 amide bonds. The van der Waals surface area contributed by atoms with Gasteiger partial charge in [-0.15, -0.1) is 24.8 Å². The molecular formula is C8H17Cl2N3. The zero-order valence-electron chi connectivity index (χ0n) is 7.77. The Morgan fingerprint density at radius 3 is 2.69 bits per heavy atom. The predicted molar refractivity (Wildman–Crippen MR) is 59.8 cm³/mol. The Kier molecular flexibility index (Phi) is 9.79. The van der Waals surface area contributed by atoms with Crippen LogP contribution in [0.4, 0.5) is 0 Å². The Morgan fingerprint density at radius 1 is 1.46 bits per heavy atom. The third kappa shape index (κ3) is 5.13. The van der Waals surface area contributed by atoms with Crippen molar-refractivity contribution in [3.05, 3.63) is 18.2 Å².